The normalized spacial score (nSPS) is 10.7. The summed E-state index contributed by atoms with van der Waals surface area (Å²) in [6.07, 6.45) is 2.08. The third-order valence-electron chi connectivity index (χ3n) is 3.87. The molecule has 6 heteroatoms. The average molecular weight is 324 g/mol. The zero-order valence-electron chi connectivity index (χ0n) is 13.1. The lowest BCUT2D eigenvalue weighted by Crippen LogP contribution is -2.21. The Labute approximate surface area is 138 Å². The fraction of sp³-hybridized carbons (Fsp3) is 0.167. The summed E-state index contributed by atoms with van der Waals surface area (Å²) in [5.74, 6) is -1.01. The van der Waals surface area contributed by atoms with Crippen LogP contribution in [0.25, 0.3) is 10.9 Å². The molecular formula is C18H16N2O4. The lowest BCUT2D eigenvalue weighted by atomic mass is 10.1. The van der Waals surface area contributed by atoms with E-state index in [2.05, 4.69) is 9.72 Å². The summed E-state index contributed by atoms with van der Waals surface area (Å²) in [5, 5.41) is 10.7. The van der Waals surface area contributed by atoms with Crippen LogP contribution in [0.15, 0.2) is 53.5 Å². The molecule has 0 spiro atoms. The summed E-state index contributed by atoms with van der Waals surface area (Å²) in [6.45, 7) is 0.443. The van der Waals surface area contributed by atoms with Crippen molar-refractivity contribution in [2.24, 2.45) is 0 Å². The SMILES string of the molecule is COC(=O)c1ncc2c(ccc(=O)n2CCc2ccccc2)c1O. The van der Waals surface area contributed by atoms with Crippen LogP contribution in [-0.2, 0) is 17.7 Å². The van der Waals surface area contributed by atoms with Gasteiger partial charge in [-0.15, -0.1) is 0 Å². The van der Waals surface area contributed by atoms with Crippen molar-refractivity contribution in [2.45, 2.75) is 13.0 Å². The molecule has 0 bridgehead atoms. The maximum absolute atomic E-state index is 12.2. The van der Waals surface area contributed by atoms with Crippen molar-refractivity contribution in [1.82, 2.24) is 9.55 Å². The summed E-state index contributed by atoms with van der Waals surface area (Å²) in [5.41, 5.74) is 1.22. The molecule has 0 aliphatic heterocycles. The molecule has 6 nitrogen and oxygen atoms in total. The number of carbonyl (C=O) groups excluding carboxylic acids is 1. The average Bonchev–Trinajstić information content (AvgIpc) is 2.61. The van der Waals surface area contributed by atoms with Crippen molar-refractivity contribution < 1.29 is 14.6 Å². The van der Waals surface area contributed by atoms with Gasteiger partial charge >= 0.3 is 5.97 Å². The van der Waals surface area contributed by atoms with Crippen LogP contribution in [0.5, 0.6) is 5.75 Å². The highest BCUT2D eigenvalue weighted by atomic mass is 16.5. The van der Waals surface area contributed by atoms with Gasteiger partial charge in [-0.2, -0.15) is 0 Å². The molecule has 122 valence electrons. The highest BCUT2D eigenvalue weighted by molar-refractivity contribution is 5.97. The Hall–Kier alpha value is -3.15. The van der Waals surface area contributed by atoms with Gasteiger partial charge in [-0.3, -0.25) is 4.79 Å². The number of carbonyl (C=O) groups is 1. The minimum absolute atomic E-state index is 0.168. The third kappa shape index (κ3) is 2.86. The first kappa shape index (κ1) is 15.7. The van der Waals surface area contributed by atoms with Crippen LogP contribution in [0, 0.1) is 0 Å². The molecule has 0 unspecified atom stereocenters. The van der Waals surface area contributed by atoms with Crippen molar-refractivity contribution in [3.63, 3.8) is 0 Å². The van der Waals surface area contributed by atoms with E-state index in [9.17, 15) is 14.7 Å². The van der Waals surface area contributed by atoms with E-state index in [1.165, 1.54) is 30.0 Å². The Kier molecular flexibility index (Phi) is 4.29. The molecule has 0 saturated heterocycles. The molecule has 24 heavy (non-hydrogen) atoms. The largest absolute Gasteiger partial charge is 0.505 e. The number of hydrogen-bond donors (Lipinski definition) is 1. The van der Waals surface area contributed by atoms with E-state index >= 15 is 0 Å². The van der Waals surface area contributed by atoms with Crippen molar-refractivity contribution in [1.29, 1.82) is 0 Å². The van der Waals surface area contributed by atoms with Crippen molar-refractivity contribution >= 4 is 16.9 Å². The fourth-order valence-electron chi connectivity index (χ4n) is 2.61. The molecule has 0 aliphatic carbocycles. The fourth-order valence-corrected chi connectivity index (χ4v) is 2.61. The smallest absolute Gasteiger partial charge is 0.360 e. The Balaban J connectivity index is 2.04. The van der Waals surface area contributed by atoms with Crippen molar-refractivity contribution in [3.8, 4) is 5.75 Å². The molecule has 0 saturated carbocycles. The van der Waals surface area contributed by atoms with Crippen LogP contribution >= 0.6 is 0 Å². The first-order valence-electron chi connectivity index (χ1n) is 7.45. The molecule has 2 heterocycles. The highest BCUT2D eigenvalue weighted by Crippen LogP contribution is 2.26. The minimum Gasteiger partial charge on any atom is -0.505 e. The number of pyridine rings is 2. The maximum atomic E-state index is 12.2. The molecule has 0 fully saturated rings. The van der Waals surface area contributed by atoms with Crippen LogP contribution in [0.2, 0.25) is 0 Å². The lowest BCUT2D eigenvalue weighted by molar-refractivity contribution is 0.0591. The second-order valence-electron chi connectivity index (χ2n) is 5.30. The van der Waals surface area contributed by atoms with Crippen molar-refractivity contribution in [3.05, 3.63) is 70.3 Å². The van der Waals surface area contributed by atoms with Gasteiger partial charge in [0.1, 0.15) is 0 Å². The summed E-state index contributed by atoms with van der Waals surface area (Å²) >= 11 is 0. The second-order valence-corrected chi connectivity index (χ2v) is 5.30. The number of ether oxygens (including phenoxy) is 1. The Morgan fingerprint density at radius 2 is 1.96 bits per heavy atom. The number of rotatable bonds is 4. The van der Waals surface area contributed by atoms with Gasteiger partial charge in [0.25, 0.3) is 5.56 Å². The standard InChI is InChI=1S/C18H16N2O4/c1-24-18(23)16-17(22)13-7-8-15(21)20(14(13)11-19-16)10-9-12-5-3-2-4-6-12/h2-8,11,22H,9-10H2,1H3. The van der Waals surface area contributed by atoms with E-state index < -0.39 is 5.97 Å². The first-order valence-corrected chi connectivity index (χ1v) is 7.45. The van der Waals surface area contributed by atoms with Crippen LogP contribution in [0.1, 0.15) is 16.1 Å². The van der Waals surface area contributed by atoms with Gasteiger partial charge in [0.2, 0.25) is 0 Å². The van der Waals surface area contributed by atoms with Crippen LogP contribution < -0.4 is 5.56 Å². The van der Waals surface area contributed by atoms with E-state index in [0.29, 0.717) is 23.9 Å². The van der Waals surface area contributed by atoms with E-state index in [1.807, 2.05) is 30.3 Å². The molecule has 2 aromatic heterocycles. The first-order chi connectivity index (χ1) is 11.6. The summed E-state index contributed by atoms with van der Waals surface area (Å²) in [7, 11) is 1.22. The highest BCUT2D eigenvalue weighted by Gasteiger charge is 2.17. The molecule has 3 rings (SSSR count). The molecule has 0 atom stereocenters. The monoisotopic (exact) mass is 324 g/mol. The van der Waals surface area contributed by atoms with Gasteiger partial charge in [-0.25, -0.2) is 9.78 Å². The molecule has 0 aliphatic rings. The van der Waals surface area contributed by atoms with Gasteiger partial charge in [0.15, 0.2) is 11.4 Å². The topological polar surface area (TPSA) is 81.4 Å². The number of aromatic nitrogens is 2. The molecule has 3 aromatic rings. The zero-order valence-corrected chi connectivity index (χ0v) is 13.1. The van der Waals surface area contributed by atoms with Crippen molar-refractivity contribution in [2.75, 3.05) is 7.11 Å². The van der Waals surface area contributed by atoms with Gasteiger partial charge in [0.05, 0.1) is 18.8 Å². The molecular weight excluding hydrogens is 308 g/mol. The maximum Gasteiger partial charge on any atom is 0.360 e. The predicted octanol–water partition coefficient (Wildman–Crippen LogP) is 2.13. The van der Waals surface area contributed by atoms with Crippen LogP contribution in [-0.4, -0.2) is 27.7 Å². The quantitative estimate of drug-likeness (QED) is 0.744. The van der Waals surface area contributed by atoms with Gasteiger partial charge in [0, 0.05) is 18.0 Å². The van der Waals surface area contributed by atoms with Gasteiger partial charge in [-0.05, 0) is 18.1 Å². The van der Waals surface area contributed by atoms with Gasteiger partial charge in [-0.1, -0.05) is 30.3 Å². The van der Waals surface area contributed by atoms with E-state index in [1.54, 1.807) is 0 Å². The van der Waals surface area contributed by atoms with E-state index in [0.717, 1.165) is 5.56 Å². The summed E-state index contributed by atoms with van der Waals surface area (Å²) in [6, 6.07) is 12.6. The number of nitrogens with zero attached hydrogens (tertiary/aromatic N) is 2. The van der Waals surface area contributed by atoms with Crippen LogP contribution in [0.4, 0.5) is 0 Å². The number of aryl methyl sites for hydroxylation is 2. The molecule has 0 amide bonds. The number of hydrogen-bond acceptors (Lipinski definition) is 5. The molecule has 0 radical (unpaired) electrons. The minimum atomic E-state index is -0.726. The van der Waals surface area contributed by atoms with Crippen LogP contribution in [0.3, 0.4) is 0 Å². The number of esters is 1. The second kappa shape index (κ2) is 6.54. The lowest BCUT2D eigenvalue weighted by Gasteiger charge is -2.12. The molecule has 1 N–H and O–H groups in total. The third-order valence-corrected chi connectivity index (χ3v) is 3.87. The number of benzene rings is 1. The Morgan fingerprint density at radius 1 is 1.21 bits per heavy atom. The molecule has 1 aromatic carbocycles. The van der Waals surface area contributed by atoms with E-state index in [-0.39, 0.29) is 17.0 Å². The van der Waals surface area contributed by atoms with Gasteiger partial charge < -0.3 is 14.4 Å². The summed E-state index contributed by atoms with van der Waals surface area (Å²) in [4.78, 5) is 27.8. The number of fused-ring (bicyclic) bond motifs is 1. The predicted molar refractivity (Wildman–Crippen MR) is 89.2 cm³/mol. The Morgan fingerprint density at radius 3 is 2.67 bits per heavy atom. The van der Waals surface area contributed by atoms with E-state index in [4.69, 9.17) is 0 Å². The summed E-state index contributed by atoms with van der Waals surface area (Å²) < 4.78 is 6.13. The number of aromatic hydroxyl groups is 1. The zero-order chi connectivity index (χ0) is 17.1. The number of methoxy groups -OCH3 is 1. The Bertz CT molecular complexity index is 948.